The standard InChI is InChI=1S/C20H23N5O3/c1-27-16-8-6-15(7-9-16)12-25(13-17-4-3-11-28-17)20(26)22-18-5-2-10-24-14-21-23-19(18)24/h2,5-10,14,17H,3-4,11-13H2,1H3,(H,22,26)/t17-/m1/s1. The summed E-state index contributed by atoms with van der Waals surface area (Å²) >= 11 is 0. The van der Waals surface area contributed by atoms with Crippen LogP contribution in [0.2, 0.25) is 0 Å². The summed E-state index contributed by atoms with van der Waals surface area (Å²) in [5.74, 6) is 0.789. The molecular weight excluding hydrogens is 358 g/mol. The Hall–Kier alpha value is -3.13. The average Bonchev–Trinajstić information content (AvgIpc) is 3.40. The predicted molar refractivity (Wildman–Crippen MR) is 104 cm³/mol. The van der Waals surface area contributed by atoms with Crippen molar-refractivity contribution in [1.29, 1.82) is 0 Å². The monoisotopic (exact) mass is 381 g/mol. The number of nitrogens with zero attached hydrogens (tertiary/aromatic N) is 4. The summed E-state index contributed by atoms with van der Waals surface area (Å²) in [7, 11) is 1.64. The number of fused-ring (bicyclic) bond motifs is 1. The molecular formula is C20H23N5O3. The van der Waals surface area contributed by atoms with Crippen LogP contribution in [-0.2, 0) is 11.3 Å². The molecule has 1 saturated heterocycles. The Morgan fingerprint density at radius 1 is 1.36 bits per heavy atom. The Bertz CT molecular complexity index is 934. The van der Waals surface area contributed by atoms with Gasteiger partial charge < -0.3 is 19.7 Å². The first kappa shape index (κ1) is 18.2. The van der Waals surface area contributed by atoms with Crippen LogP contribution in [0.1, 0.15) is 18.4 Å². The topological polar surface area (TPSA) is 81.0 Å². The minimum atomic E-state index is -0.192. The van der Waals surface area contributed by atoms with E-state index in [1.165, 1.54) is 0 Å². The Morgan fingerprint density at radius 3 is 2.96 bits per heavy atom. The molecule has 0 spiro atoms. The maximum absolute atomic E-state index is 13.1. The summed E-state index contributed by atoms with van der Waals surface area (Å²) in [4.78, 5) is 14.8. The summed E-state index contributed by atoms with van der Waals surface area (Å²) < 4.78 is 12.7. The molecule has 2 aromatic heterocycles. The van der Waals surface area contributed by atoms with Gasteiger partial charge in [-0.25, -0.2) is 4.79 Å². The van der Waals surface area contributed by atoms with E-state index in [-0.39, 0.29) is 12.1 Å². The van der Waals surface area contributed by atoms with E-state index in [2.05, 4.69) is 15.5 Å². The highest BCUT2D eigenvalue weighted by atomic mass is 16.5. The first-order chi connectivity index (χ1) is 13.7. The molecule has 4 rings (SSSR count). The van der Waals surface area contributed by atoms with Gasteiger partial charge in [0.1, 0.15) is 12.1 Å². The Labute approximate surface area is 163 Å². The number of pyridine rings is 1. The molecule has 1 fully saturated rings. The van der Waals surface area contributed by atoms with Crippen LogP contribution in [0.5, 0.6) is 5.75 Å². The molecule has 1 atom stereocenters. The second-order valence-electron chi connectivity index (χ2n) is 6.78. The largest absolute Gasteiger partial charge is 0.497 e. The zero-order valence-electron chi connectivity index (χ0n) is 15.7. The Balaban J connectivity index is 1.52. The van der Waals surface area contributed by atoms with Crippen LogP contribution >= 0.6 is 0 Å². The van der Waals surface area contributed by atoms with Gasteiger partial charge in [-0.2, -0.15) is 0 Å². The minimum Gasteiger partial charge on any atom is -0.497 e. The van der Waals surface area contributed by atoms with Gasteiger partial charge in [0.05, 0.1) is 18.9 Å². The van der Waals surface area contributed by atoms with Gasteiger partial charge in [-0.1, -0.05) is 12.1 Å². The van der Waals surface area contributed by atoms with Gasteiger partial charge in [0.25, 0.3) is 0 Å². The van der Waals surface area contributed by atoms with E-state index in [4.69, 9.17) is 9.47 Å². The van der Waals surface area contributed by atoms with Crippen LogP contribution in [-0.4, -0.2) is 51.9 Å². The van der Waals surface area contributed by atoms with Crippen molar-refractivity contribution in [2.75, 3.05) is 25.6 Å². The van der Waals surface area contributed by atoms with E-state index in [0.29, 0.717) is 24.4 Å². The lowest BCUT2D eigenvalue weighted by molar-refractivity contribution is 0.0819. The highest BCUT2D eigenvalue weighted by Gasteiger charge is 2.23. The first-order valence-electron chi connectivity index (χ1n) is 9.32. The van der Waals surface area contributed by atoms with Gasteiger partial charge in [-0.3, -0.25) is 4.40 Å². The third-order valence-electron chi connectivity index (χ3n) is 4.83. The van der Waals surface area contributed by atoms with Crippen molar-refractivity contribution in [3.63, 3.8) is 0 Å². The van der Waals surface area contributed by atoms with Crippen LogP contribution in [0, 0.1) is 0 Å². The van der Waals surface area contributed by atoms with Crippen molar-refractivity contribution in [2.45, 2.75) is 25.5 Å². The number of benzene rings is 1. The molecule has 0 saturated carbocycles. The van der Waals surface area contributed by atoms with Crippen LogP contribution in [0.15, 0.2) is 48.9 Å². The zero-order chi connectivity index (χ0) is 19.3. The number of carbonyl (C=O) groups is 1. The van der Waals surface area contributed by atoms with Gasteiger partial charge in [0.2, 0.25) is 0 Å². The fraction of sp³-hybridized carbons (Fsp3) is 0.350. The molecule has 146 valence electrons. The lowest BCUT2D eigenvalue weighted by Gasteiger charge is -2.26. The molecule has 3 heterocycles. The number of methoxy groups -OCH3 is 1. The van der Waals surface area contributed by atoms with Gasteiger partial charge in [0.15, 0.2) is 5.65 Å². The van der Waals surface area contributed by atoms with Crippen molar-refractivity contribution < 1.29 is 14.3 Å². The predicted octanol–water partition coefficient (Wildman–Crippen LogP) is 2.95. The third-order valence-corrected chi connectivity index (χ3v) is 4.83. The Kier molecular flexibility index (Phi) is 5.38. The number of aromatic nitrogens is 3. The number of nitrogens with one attached hydrogen (secondary N) is 1. The molecule has 8 heteroatoms. The lowest BCUT2D eigenvalue weighted by atomic mass is 10.2. The molecule has 0 bridgehead atoms. The quantitative estimate of drug-likeness (QED) is 0.710. The lowest BCUT2D eigenvalue weighted by Crippen LogP contribution is -2.39. The second-order valence-corrected chi connectivity index (χ2v) is 6.78. The number of hydrogen-bond donors (Lipinski definition) is 1. The second kappa shape index (κ2) is 8.26. The number of ether oxygens (including phenoxy) is 2. The SMILES string of the molecule is COc1ccc(CN(C[C@H]2CCCO2)C(=O)Nc2cccn3cnnc23)cc1. The van der Waals surface area contributed by atoms with Gasteiger partial charge >= 0.3 is 6.03 Å². The normalized spacial score (nSPS) is 16.2. The van der Waals surface area contributed by atoms with E-state index in [9.17, 15) is 4.79 Å². The fourth-order valence-electron chi connectivity index (χ4n) is 3.35. The Morgan fingerprint density at radius 2 is 2.21 bits per heavy atom. The summed E-state index contributed by atoms with van der Waals surface area (Å²) in [6.07, 6.45) is 5.50. The summed E-state index contributed by atoms with van der Waals surface area (Å²) in [5, 5.41) is 10.9. The van der Waals surface area contributed by atoms with Crippen molar-refractivity contribution in [3.8, 4) is 5.75 Å². The van der Waals surface area contributed by atoms with Crippen LogP contribution in [0.3, 0.4) is 0 Å². The number of hydrogen-bond acceptors (Lipinski definition) is 5. The molecule has 0 unspecified atom stereocenters. The average molecular weight is 381 g/mol. The number of amides is 2. The van der Waals surface area contributed by atoms with Crippen molar-refractivity contribution in [2.24, 2.45) is 0 Å². The first-order valence-corrected chi connectivity index (χ1v) is 9.32. The number of carbonyl (C=O) groups excluding carboxylic acids is 1. The van der Waals surface area contributed by atoms with Crippen molar-refractivity contribution in [1.82, 2.24) is 19.5 Å². The smallest absolute Gasteiger partial charge is 0.322 e. The molecule has 1 aliphatic rings. The van der Waals surface area contributed by atoms with Gasteiger partial charge in [-0.15, -0.1) is 10.2 Å². The van der Waals surface area contributed by atoms with E-state index < -0.39 is 0 Å². The maximum Gasteiger partial charge on any atom is 0.322 e. The highest BCUT2D eigenvalue weighted by molar-refractivity contribution is 5.93. The zero-order valence-corrected chi connectivity index (χ0v) is 15.7. The molecule has 8 nitrogen and oxygen atoms in total. The number of rotatable bonds is 6. The van der Waals surface area contributed by atoms with Gasteiger partial charge in [-0.05, 0) is 42.7 Å². The molecule has 0 radical (unpaired) electrons. The van der Waals surface area contributed by atoms with Gasteiger partial charge in [0, 0.05) is 25.9 Å². The van der Waals surface area contributed by atoms with Crippen molar-refractivity contribution >= 4 is 17.4 Å². The van der Waals surface area contributed by atoms with E-state index in [0.717, 1.165) is 30.8 Å². The third kappa shape index (κ3) is 4.07. The summed E-state index contributed by atoms with van der Waals surface area (Å²) in [6, 6.07) is 11.2. The summed E-state index contributed by atoms with van der Waals surface area (Å²) in [6.45, 7) is 1.76. The molecule has 0 aliphatic carbocycles. The minimum absolute atomic E-state index is 0.0629. The van der Waals surface area contributed by atoms with Crippen LogP contribution < -0.4 is 10.1 Å². The number of anilines is 1. The number of urea groups is 1. The molecule has 1 aromatic carbocycles. The van der Waals surface area contributed by atoms with E-state index in [1.54, 1.807) is 22.7 Å². The molecule has 28 heavy (non-hydrogen) atoms. The highest BCUT2D eigenvalue weighted by Crippen LogP contribution is 2.19. The fourth-order valence-corrected chi connectivity index (χ4v) is 3.35. The summed E-state index contributed by atoms with van der Waals surface area (Å²) in [5.41, 5.74) is 2.25. The molecule has 2 amide bonds. The maximum atomic E-state index is 13.1. The molecule has 3 aromatic rings. The molecule has 1 N–H and O–H groups in total. The van der Waals surface area contributed by atoms with E-state index >= 15 is 0 Å². The molecule has 1 aliphatic heterocycles. The van der Waals surface area contributed by atoms with E-state index in [1.807, 2.05) is 42.6 Å². The van der Waals surface area contributed by atoms with Crippen LogP contribution in [0.4, 0.5) is 10.5 Å². The van der Waals surface area contributed by atoms with Crippen molar-refractivity contribution in [3.05, 3.63) is 54.5 Å². The van der Waals surface area contributed by atoms with Crippen LogP contribution in [0.25, 0.3) is 5.65 Å².